The molecule has 1 N–H and O–H groups in total. The first kappa shape index (κ1) is 11.8. The van der Waals surface area contributed by atoms with Crippen molar-refractivity contribution in [2.45, 2.75) is 25.3 Å². The van der Waals surface area contributed by atoms with Gasteiger partial charge in [0.25, 0.3) is 0 Å². The molecule has 2 heteroatoms. The molecule has 0 spiro atoms. The highest BCUT2D eigenvalue weighted by molar-refractivity contribution is 9.10. The summed E-state index contributed by atoms with van der Waals surface area (Å²) in [5, 5.41) is 3.65. The van der Waals surface area contributed by atoms with E-state index in [4.69, 9.17) is 0 Å². The molecule has 2 aromatic carbocycles. The number of nitrogens with one attached hydrogen (secondary N) is 1. The third-order valence-electron chi connectivity index (χ3n) is 3.51. The maximum Gasteiger partial charge on any atom is 0.0374 e. The fourth-order valence-electron chi connectivity index (χ4n) is 2.60. The Morgan fingerprint density at radius 1 is 1.11 bits per heavy atom. The maximum atomic E-state index is 3.65. The van der Waals surface area contributed by atoms with E-state index in [9.17, 15) is 0 Å². The van der Waals surface area contributed by atoms with Gasteiger partial charge in [-0.3, -0.25) is 0 Å². The van der Waals surface area contributed by atoms with Crippen molar-refractivity contribution in [1.29, 1.82) is 0 Å². The van der Waals surface area contributed by atoms with Crippen molar-refractivity contribution >= 4 is 21.6 Å². The van der Waals surface area contributed by atoms with E-state index in [1.54, 1.807) is 0 Å². The van der Waals surface area contributed by atoms with Gasteiger partial charge in [-0.15, -0.1) is 0 Å². The number of fused-ring (bicyclic) bond motifs is 1. The Bertz CT molecular complexity index is 550. The van der Waals surface area contributed by atoms with E-state index in [-0.39, 0.29) is 0 Å². The first-order valence-corrected chi connectivity index (χ1v) is 7.19. The van der Waals surface area contributed by atoms with E-state index in [1.807, 2.05) is 0 Å². The largest absolute Gasteiger partial charge is 0.382 e. The van der Waals surface area contributed by atoms with Crippen LogP contribution in [0.15, 0.2) is 53.0 Å². The Kier molecular flexibility index (Phi) is 3.37. The maximum absolute atomic E-state index is 3.65. The number of hydrogen-bond donors (Lipinski definition) is 1. The van der Waals surface area contributed by atoms with Crippen molar-refractivity contribution in [3.05, 3.63) is 64.1 Å². The van der Waals surface area contributed by atoms with Crippen LogP contribution in [0.1, 0.15) is 17.5 Å². The summed E-state index contributed by atoms with van der Waals surface area (Å²) in [6.45, 7) is 0. The first-order valence-electron chi connectivity index (χ1n) is 6.40. The normalized spacial score (nSPS) is 17.9. The van der Waals surface area contributed by atoms with Gasteiger partial charge in [0.2, 0.25) is 0 Å². The van der Waals surface area contributed by atoms with Gasteiger partial charge < -0.3 is 5.32 Å². The second-order valence-corrected chi connectivity index (χ2v) is 5.79. The molecule has 1 atom stereocenters. The van der Waals surface area contributed by atoms with E-state index in [0.29, 0.717) is 6.04 Å². The Morgan fingerprint density at radius 2 is 2.00 bits per heavy atom. The second-order valence-electron chi connectivity index (χ2n) is 4.87. The lowest BCUT2D eigenvalue weighted by atomic mass is 9.94. The van der Waals surface area contributed by atoms with E-state index in [0.717, 1.165) is 10.9 Å². The van der Waals surface area contributed by atoms with Crippen molar-refractivity contribution in [2.24, 2.45) is 0 Å². The van der Waals surface area contributed by atoms with E-state index in [1.165, 1.54) is 29.7 Å². The molecule has 1 nitrogen and oxygen atoms in total. The summed E-state index contributed by atoms with van der Waals surface area (Å²) in [6.07, 6.45) is 3.49. The predicted octanol–water partition coefficient (Wildman–Crippen LogP) is 4.42. The van der Waals surface area contributed by atoms with Crippen molar-refractivity contribution in [2.75, 3.05) is 5.32 Å². The zero-order valence-electron chi connectivity index (χ0n) is 10.2. The smallest absolute Gasteiger partial charge is 0.0374 e. The Hall–Kier alpha value is -1.28. The molecule has 1 aliphatic heterocycles. The van der Waals surface area contributed by atoms with Crippen molar-refractivity contribution in [3.8, 4) is 0 Å². The van der Waals surface area contributed by atoms with E-state index >= 15 is 0 Å². The van der Waals surface area contributed by atoms with Crippen LogP contribution in [-0.4, -0.2) is 6.04 Å². The zero-order valence-corrected chi connectivity index (χ0v) is 11.8. The summed E-state index contributed by atoms with van der Waals surface area (Å²) in [5.41, 5.74) is 4.15. The molecule has 1 aliphatic rings. The second kappa shape index (κ2) is 5.15. The van der Waals surface area contributed by atoms with Crippen molar-refractivity contribution in [3.63, 3.8) is 0 Å². The van der Waals surface area contributed by atoms with Gasteiger partial charge in [0.1, 0.15) is 0 Å². The Balaban J connectivity index is 1.73. The Labute approximate surface area is 116 Å². The third-order valence-corrected chi connectivity index (χ3v) is 4.00. The standard InChI is InChI=1S/C16H16BrN/c17-14-6-3-4-12(10-14)11-15-9-8-13-5-1-2-7-16(13)18-15/h1-7,10,15,18H,8-9,11H2. The highest BCUT2D eigenvalue weighted by atomic mass is 79.9. The lowest BCUT2D eigenvalue weighted by Gasteiger charge is -2.27. The molecular weight excluding hydrogens is 286 g/mol. The van der Waals surface area contributed by atoms with Crippen LogP contribution in [-0.2, 0) is 12.8 Å². The summed E-state index contributed by atoms with van der Waals surface area (Å²) in [6, 6.07) is 17.8. The van der Waals surface area contributed by atoms with Crippen molar-refractivity contribution in [1.82, 2.24) is 0 Å². The summed E-state index contributed by atoms with van der Waals surface area (Å²) in [5.74, 6) is 0. The molecule has 3 rings (SSSR count). The number of hydrogen-bond acceptors (Lipinski definition) is 1. The van der Waals surface area contributed by atoms with Gasteiger partial charge in [0.05, 0.1) is 0 Å². The molecule has 18 heavy (non-hydrogen) atoms. The number of para-hydroxylation sites is 1. The summed E-state index contributed by atoms with van der Waals surface area (Å²) in [7, 11) is 0. The lowest BCUT2D eigenvalue weighted by Crippen LogP contribution is -2.27. The zero-order chi connectivity index (χ0) is 12.4. The summed E-state index contributed by atoms with van der Waals surface area (Å²) in [4.78, 5) is 0. The SMILES string of the molecule is Brc1cccc(CC2CCc3ccccc3N2)c1. The molecule has 0 aliphatic carbocycles. The first-order chi connectivity index (χ1) is 8.81. The van der Waals surface area contributed by atoms with Gasteiger partial charge in [-0.2, -0.15) is 0 Å². The minimum absolute atomic E-state index is 0.550. The molecule has 1 unspecified atom stereocenters. The molecule has 0 fully saturated rings. The van der Waals surface area contributed by atoms with Crippen LogP contribution in [0.5, 0.6) is 0 Å². The predicted molar refractivity (Wildman–Crippen MR) is 80.0 cm³/mol. The fraction of sp³-hybridized carbons (Fsp3) is 0.250. The van der Waals surface area contributed by atoms with E-state index < -0.39 is 0 Å². The number of anilines is 1. The minimum Gasteiger partial charge on any atom is -0.382 e. The van der Waals surface area contributed by atoms with Gasteiger partial charge in [0.15, 0.2) is 0 Å². The molecule has 0 bridgehead atoms. The van der Waals surface area contributed by atoms with Crippen LogP contribution in [0.3, 0.4) is 0 Å². The lowest BCUT2D eigenvalue weighted by molar-refractivity contribution is 0.628. The molecular formula is C16H16BrN. The average molecular weight is 302 g/mol. The number of benzene rings is 2. The highest BCUT2D eigenvalue weighted by Crippen LogP contribution is 2.26. The molecule has 0 amide bonds. The highest BCUT2D eigenvalue weighted by Gasteiger charge is 2.17. The minimum atomic E-state index is 0.550. The molecule has 1 heterocycles. The van der Waals surface area contributed by atoms with Crippen LogP contribution in [0.4, 0.5) is 5.69 Å². The third kappa shape index (κ3) is 2.59. The van der Waals surface area contributed by atoms with Gasteiger partial charge in [-0.25, -0.2) is 0 Å². The molecule has 2 aromatic rings. The average Bonchev–Trinajstić information content (AvgIpc) is 2.39. The van der Waals surface area contributed by atoms with Crippen LogP contribution in [0, 0.1) is 0 Å². The molecule has 0 saturated carbocycles. The van der Waals surface area contributed by atoms with Crippen LogP contribution < -0.4 is 5.32 Å². The number of halogens is 1. The fourth-order valence-corrected chi connectivity index (χ4v) is 3.05. The number of rotatable bonds is 2. The van der Waals surface area contributed by atoms with Crippen LogP contribution >= 0.6 is 15.9 Å². The van der Waals surface area contributed by atoms with Gasteiger partial charge in [-0.05, 0) is 48.6 Å². The molecule has 0 saturated heterocycles. The topological polar surface area (TPSA) is 12.0 Å². The molecule has 0 aromatic heterocycles. The quantitative estimate of drug-likeness (QED) is 0.866. The number of aryl methyl sites for hydroxylation is 1. The summed E-state index contributed by atoms with van der Waals surface area (Å²) >= 11 is 3.53. The van der Waals surface area contributed by atoms with Crippen LogP contribution in [0.2, 0.25) is 0 Å². The van der Waals surface area contributed by atoms with Gasteiger partial charge in [-0.1, -0.05) is 46.3 Å². The van der Waals surface area contributed by atoms with Gasteiger partial charge >= 0.3 is 0 Å². The summed E-state index contributed by atoms with van der Waals surface area (Å²) < 4.78 is 1.16. The van der Waals surface area contributed by atoms with Gasteiger partial charge in [0, 0.05) is 16.2 Å². The monoisotopic (exact) mass is 301 g/mol. The van der Waals surface area contributed by atoms with Crippen molar-refractivity contribution < 1.29 is 0 Å². The molecule has 92 valence electrons. The molecule has 0 radical (unpaired) electrons. The Morgan fingerprint density at radius 3 is 2.89 bits per heavy atom. The van der Waals surface area contributed by atoms with E-state index in [2.05, 4.69) is 69.8 Å². The van der Waals surface area contributed by atoms with Crippen LogP contribution in [0.25, 0.3) is 0 Å².